The third kappa shape index (κ3) is 3.18. The Balaban J connectivity index is 1.55. The first-order valence-electron chi connectivity index (χ1n) is 7.63. The van der Waals surface area contributed by atoms with Crippen LogP contribution in [0.4, 0.5) is 0 Å². The Morgan fingerprint density at radius 3 is 3.15 bits per heavy atom. The number of ether oxygens (including phenoxy) is 1. The second kappa shape index (κ2) is 6.45. The van der Waals surface area contributed by atoms with E-state index >= 15 is 0 Å². The van der Waals surface area contributed by atoms with Crippen molar-refractivity contribution in [1.29, 1.82) is 0 Å². The molecular formula is C14H24N4OS. The molecule has 3 heterocycles. The van der Waals surface area contributed by atoms with Crippen LogP contribution in [0.5, 0.6) is 0 Å². The maximum Gasteiger partial charge on any atom is 0.146 e. The average Bonchev–Trinajstić information content (AvgIpc) is 2.93. The van der Waals surface area contributed by atoms with Crippen LogP contribution in [0.15, 0.2) is 6.33 Å². The van der Waals surface area contributed by atoms with Crippen LogP contribution in [0, 0.1) is 0 Å². The third-order valence-corrected chi connectivity index (χ3v) is 5.47. The fraction of sp³-hybridized carbons (Fsp3) is 0.857. The standard InChI is InChI=1S/C14H24N4OS/c1-2-18-11-16-17-13(18)10-15-12-3-6-19-14(9-12)4-7-20-8-5-14/h11-12,15H,2-10H2,1H3. The minimum Gasteiger partial charge on any atom is -0.375 e. The van der Waals surface area contributed by atoms with E-state index in [1.807, 2.05) is 0 Å². The van der Waals surface area contributed by atoms with E-state index in [4.69, 9.17) is 4.74 Å². The van der Waals surface area contributed by atoms with Crippen LogP contribution in [0.1, 0.15) is 38.4 Å². The van der Waals surface area contributed by atoms with Crippen molar-refractivity contribution in [3.8, 4) is 0 Å². The van der Waals surface area contributed by atoms with Gasteiger partial charge in [0.15, 0.2) is 0 Å². The minimum atomic E-state index is 0.152. The van der Waals surface area contributed by atoms with E-state index in [-0.39, 0.29) is 5.60 Å². The second-order valence-electron chi connectivity index (χ2n) is 5.75. The van der Waals surface area contributed by atoms with Crippen molar-refractivity contribution in [2.75, 3.05) is 18.1 Å². The van der Waals surface area contributed by atoms with Gasteiger partial charge in [0.1, 0.15) is 12.2 Å². The van der Waals surface area contributed by atoms with Gasteiger partial charge >= 0.3 is 0 Å². The van der Waals surface area contributed by atoms with Crippen LogP contribution in [-0.2, 0) is 17.8 Å². The van der Waals surface area contributed by atoms with Gasteiger partial charge in [0.05, 0.1) is 12.1 Å². The predicted octanol–water partition coefficient (Wildman–Crippen LogP) is 1.83. The van der Waals surface area contributed by atoms with Gasteiger partial charge in [-0.15, -0.1) is 10.2 Å². The van der Waals surface area contributed by atoms with Crippen molar-refractivity contribution in [3.63, 3.8) is 0 Å². The highest BCUT2D eigenvalue weighted by molar-refractivity contribution is 7.99. The topological polar surface area (TPSA) is 52.0 Å². The summed E-state index contributed by atoms with van der Waals surface area (Å²) in [6.07, 6.45) is 6.48. The maximum absolute atomic E-state index is 6.13. The third-order valence-electron chi connectivity index (χ3n) is 4.48. The zero-order valence-electron chi connectivity index (χ0n) is 12.2. The van der Waals surface area contributed by atoms with Crippen molar-refractivity contribution in [2.45, 2.75) is 57.3 Å². The molecule has 3 rings (SSSR count). The lowest BCUT2D eigenvalue weighted by molar-refractivity contribution is -0.0934. The van der Waals surface area contributed by atoms with E-state index in [1.165, 1.54) is 24.3 Å². The van der Waals surface area contributed by atoms with Crippen LogP contribution in [0.3, 0.4) is 0 Å². The molecule has 2 saturated heterocycles. The van der Waals surface area contributed by atoms with Crippen LogP contribution in [0.2, 0.25) is 0 Å². The summed E-state index contributed by atoms with van der Waals surface area (Å²) in [6, 6.07) is 0.550. The summed E-state index contributed by atoms with van der Waals surface area (Å²) in [7, 11) is 0. The van der Waals surface area contributed by atoms with E-state index in [2.05, 4.69) is 38.8 Å². The first-order chi connectivity index (χ1) is 9.81. The summed E-state index contributed by atoms with van der Waals surface area (Å²) in [6.45, 7) is 4.75. The molecule has 2 fully saturated rings. The Bertz CT molecular complexity index is 425. The van der Waals surface area contributed by atoms with E-state index in [9.17, 15) is 0 Å². The van der Waals surface area contributed by atoms with Gasteiger partial charge in [-0.3, -0.25) is 0 Å². The van der Waals surface area contributed by atoms with Crippen LogP contribution < -0.4 is 5.32 Å². The van der Waals surface area contributed by atoms with Gasteiger partial charge in [0, 0.05) is 19.2 Å². The van der Waals surface area contributed by atoms with Crippen LogP contribution in [-0.4, -0.2) is 44.5 Å². The SMILES string of the molecule is CCn1cnnc1CNC1CCOC2(CCSCC2)C1. The number of nitrogens with one attached hydrogen (secondary N) is 1. The number of rotatable bonds is 4. The Morgan fingerprint density at radius 1 is 1.50 bits per heavy atom. The van der Waals surface area contributed by atoms with Crippen molar-refractivity contribution in [3.05, 3.63) is 12.2 Å². The predicted molar refractivity (Wildman–Crippen MR) is 80.8 cm³/mol. The highest BCUT2D eigenvalue weighted by Gasteiger charge is 2.38. The molecular weight excluding hydrogens is 272 g/mol. The summed E-state index contributed by atoms with van der Waals surface area (Å²) in [4.78, 5) is 0. The molecule has 0 aliphatic carbocycles. The number of aromatic nitrogens is 3. The van der Waals surface area contributed by atoms with Crippen molar-refractivity contribution < 1.29 is 4.74 Å². The highest BCUT2D eigenvalue weighted by atomic mass is 32.2. The number of hydrogen-bond donors (Lipinski definition) is 1. The van der Waals surface area contributed by atoms with Gasteiger partial charge < -0.3 is 14.6 Å². The van der Waals surface area contributed by atoms with E-state index in [0.29, 0.717) is 6.04 Å². The fourth-order valence-electron chi connectivity index (χ4n) is 3.21. The molecule has 0 amide bonds. The largest absolute Gasteiger partial charge is 0.375 e. The van der Waals surface area contributed by atoms with Crippen molar-refractivity contribution in [2.24, 2.45) is 0 Å². The molecule has 1 spiro atoms. The highest BCUT2D eigenvalue weighted by Crippen LogP contribution is 2.37. The van der Waals surface area contributed by atoms with Gasteiger partial charge in [-0.25, -0.2) is 0 Å². The molecule has 112 valence electrons. The van der Waals surface area contributed by atoms with Gasteiger partial charge in [-0.1, -0.05) is 0 Å². The molecule has 2 aliphatic rings. The van der Waals surface area contributed by atoms with Crippen molar-refractivity contribution in [1.82, 2.24) is 20.1 Å². The van der Waals surface area contributed by atoms with Gasteiger partial charge in [0.2, 0.25) is 0 Å². The molecule has 0 bridgehead atoms. The molecule has 0 radical (unpaired) electrons. The minimum absolute atomic E-state index is 0.152. The Hall–Kier alpha value is -0.590. The van der Waals surface area contributed by atoms with E-state index in [0.717, 1.165) is 38.4 Å². The summed E-state index contributed by atoms with van der Waals surface area (Å²) in [5.41, 5.74) is 0.152. The summed E-state index contributed by atoms with van der Waals surface area (Å²) in [5.74, 6) is 3.53. The fourth-order valence-corrected chi connectivity index (χ4v) is 4.45. The normalized spacial score (nSPS) is 25.9. The Kier molecular flexibility index (Phi) is 4.63. The average molecular weight is 296 g/mol. The lowest BCUT2D eigenvalue weighted by Gasteiger charge is -2.43. The van der Waals surface area contributed by atoms with Gasteiger partial charge in [-0.05, 0) is 44.1 Å². The lowest BCUT2D eigenvalue weighted by Crippen LogP contribution is -2.48. The molecule has 2 aliphatic heterocycles. The number of nitrogens with zero attached hydrogens (tertiary/aromatic N) is 3. The molecule has 1 N–H and O–H groups in total. The smallest absolute Gasteiger partial charge is 0.146 e. The summed E-state index contributed by atoms with van der Waals surface area (Å²) >= 11 is 2.06. The number of thioether (sulfide) groups is 1. The molecule has 6 heteroatoms. The summed E-state index contributed by atoms with van der Waals surface area (Å²) < 4.78 is 8.23. The van der Waals surface area contributed by atoms with Crippen molar-refractivity contribution >= 4 is 11.8 Å². The van der Waals surface area contributed by atoms with Crippen LogP contribution in [0.25, 0.3) is 0 Å². The second-order valence-corrected chi connectivity index (χ2v) is 6.97. The Morgan fingerprint density at radius 2 is 2.35 bits per heavy atom. The van der Waals surface area contributed by atoms with E-state index < -0.39 is 0 Å². The zero-order chi connectivity index (χ0) is 13.8. The molecule has 0 aromatic carbocycles. The molecule has 5 nitrogen and oxygen atoms in total. The van der Waals surface area contributed by atoms with Gasteiger partial charge in [-0.2, -0.15) is 11.8 Å². The number of aryl methyl sites for hydroxylation is 1. The quantitative estimate of drug-likeness (QED) is 0.918. The molecule has 0 saturated carbocycles. The monoisotopic (exact) mass is 296 g/mol. The molecule has 1 aromatic rings. The molecule has 1 aromatic heterocycles. The molecule has 20 heavy (non-hydrogen) atoms. The van der Waals surface area contributed by atoms with E-state index in [1.54, 1.807) is 6.33 Å². The molecule has 1 atom stereocenters. The zero-order valence-corrected chi connectivity index (χ0v) is 13.0. The number of hydrogen-bond acceptors (Lipinski definition) is 5. The first-order valence-corrected chi connectivity index (χ1v) is 8.78. The van der Waals surface area contributed by atoms with Crippen LogP contribution >= 0.6 is 11.8 Å². The van der Waals surface area contributed by atoms with Gasteiger partial charge in [0.25, 0.3) is 0 Å². The lowest BCUT2D eigenvalue weighted by atomic mass is 9.85. The first kappa shape index (κ1) is 14.4. The maximum atomic E-state index is 6.13. The molecule has 1 unspecified atom stereocenters. The summed E-state index contributed by atoms with van der Waals surface area (Å²) in [5, 5.41) is 11.8. The Labute approximate surface area is 124 Å².